The summed E-state index contributed by atoms with van der Waals surface area (Å²) in [5.74, 6) is 0.219. The van der Waals surface area contributed by atoms with Gasteiger partial charge in [0.1, 0.15) is 19.3 Å². The summed E-state index contributed by atoms with van der Waals surface area (Å²) in [6, 6.07) is 0. The third-order valence-electron chi connectivity index (χ3n) is 12.3. The average molecular weight is 777 g/mol. The van der Waals surface area contributed by atoms with Crippen LogP contribution in [0.5, 0.6) is 0 Å². The number of rotatable bonds is 40. The molecule has 0 amide bonds. The summed E-state index contributed by atoms with van der Waals surface area (Å²) in [5, 5.41) is 9.37. The second kappa shape index (κ2) is 36.9. The van der Waals surface area contributed by atoms with Crippen LogP contribution in [-0.4, -0.2) is 60.7 Å². The van der Waals surface area contributed by atoms with Crippen molar-refractivity contribution in [2.24, 2.45) is 17.3 Å². The molecule has 1 aliphatic heterocycles. The van der Waals surface area contributed by atoms with Gasteiger partial charge in [0.2, 0.25) is 0 Å². The number of hydrogen-bond acceptors (Lipinski definition) is 5. The molecule has 0 radical (unpaired) electrons. The molecule has 1 rings (SSSR count). The minimum absolute atomic E-state index is 0.0452. The van der Waals surface area contributed by atoms with Crippen LogP contribution in [0, 0.1) is 17.3 Å². The van der Waals surface area contributed by atoms with Gasteiger partial charge in [-0.15, -0.1) is 0 Å². The number of hydrogen-bond donors (Lipinski definition) is 1. The van der Waals surface area contributed by atoms with Gasteiger partial charge in [-0.3, -0.25) is 9.59 Å². The minimum atomic E-state index is 0.0452. The third-order valence-corrected chi connectivity index (χ3v) is 12.3. The van der Waals surface area contributed by atoms with Crippen LogP contribution in [-0.2, 0) is 19.1 Å². The maximum atomic E-state index is 13.3. The van der Waals surface area contributed by atoms with Crippen molar-refractivity contribution in [2.75, 3.05) is 32.9 Å². The lowest BCUT2D eigenvalue weighted by Gasteiger charge is -2.32. The van der Waals surface area contributed by atoms with Gasteiger partial charge in [-0.2, -0.15) is 0 Å². The first-order valence-corrected chi connectivity index (χ1v) is 24.5. The van der Waals surface area contributed by atoms with E-state index >= 15 is 0 Å². The fraction of sp³-hybridized carbons (Fsp3) is 0.939. The molecule has 1 N–H and O–H groups in total. The van der Waals surface area contributed by atoms with Crippen LogP contribution in [0.15, 0.2) is 0 Å². The quantitative estimate of drug-likeness (QED) is 0.0381. The first-order valence-electron chi connectivity index (χ1n) is 24.5. The van der Waals surface area contributed by atoms with E-state index in [1.807, 2.05) is 0 Å². The monoisotopic (exact) mass is 777 g/mol. The minimum Gasteiger partial charge on any atom is -0.465 e. The predicted octanol–water partition coefficient (Wildman–Crippen LogP) is 13.7. The van der Waals surface area contributed by atoms with E-state index in [1.54, 1.807) is 0 Å². The topological polar surface area (TPSA) is 75.8 Å². The number of unbranched alkanes of at least 4 members (excludes halogenated alkanes) is 19. The molecule has 0 aromatic rings. The Morgan fingerprint density at radius 1 is 0.545 bits per heavy atom. The van der Waals surface area contributed by atoms with Crippen LogP contribution in [0.2, 0.25) is 0 Å². The molecular formula is C49H94NO5+. The van der Waals surface area contributed by atoms with E-state index in [9.17, 15) is 14.7 Å². The van der Waals surface area contributed by atoms with Crippen molar-refractivity contribution in [3.63, 3.8) is 0 Å². The van der Waals surface area contributed by atoms with Crippen LogP contribution in [0.1, 0.15) is 246 Å². The molecule has 55 heavy (non-hydrogen) atoms. The number of nitrogens with zero attached hydrogens (tertiary/aromatic N) is 1. The highest BCUT2D eigenvalue weighted by Crippen LogP contribution is 2.36. The zero-order chi connectivity index (χ0) is 40.1. The number of carbonyl (C=O) groups is 2. The lowest BCUT2D eigenvalue weighted by atomic mass is 9.74. The van der Waals surface area contributed by atoms with Gasteiger partial charge in [0.25, 0.3) is 0 Å². The van der Waals surface area contributed by atoms with E-state index in [1.165, 1.54) is 116 Å². The fourth-order valence-electron chi connectivity index (χ4n) is 8.73. The van der Waals surface area contributed by atoms with Crippen molar-refractivity contribution in [3.05, 3.63) is 0 Å². The van der Waals surface area contributed by atoms with Crippen LogP contribution in [0.25, 0.3) is 0 Å². The summed E-state index contributed by atoms with van der Waals surface area (Å²) in [6.45, 7) is 12.4. The standard InChI is InChI=1S/C49H94NO5/c1-5-9-13-17-19-23-34-45(32-21-15-11-7-3)47(52)54-42-29-25-36-49(38-31-40-50(44-49)39-27-28-41-51)37-26-30-43-55-48(53)46(33-22-16-12-8-4)35-24-20-18-14-10-6-2/h44-46,51H,5-43H2,1-4H3/q+1. The smallest absolute Gasteiger partial charge is 0.308 e. The number of aliphatic hydroxyl groups is 1. The first kappa shape index (κ1) is 51.6. The molecule has 1 heterocycles. The third kappa shape index (κ3) is 27.8. The molecular weight excluding hydrogens is 683 g/mol. The zero-order valence-electron chi connectivity index (χ0n) is 37.3. The van der Waals surface area contributed by atoms with Crippen molar-refractivity contribution in [2.45, 2.75) is 246 Å². The lowest BCUT2D eigenvalue weighted by molar-refractivity contribution is -0.533. The Morgan fingerprint density at radius 2 is 0.945 bits per heavy atom. The Morgan fingerprint density at radius 3 is 1.36 bits per heavy atom. The largest absolute Gasteiger partial charge is 0.465 e. The molecule has 1 aliphatic rings. The molecule has 6 heteroatoms. The fourth-order valence-corrected chi connectivity index (χ4v) is 8.73. The highest BCUT2D eigenvalue weighted by atomic mass is 16.5. The molecule has 0 bridgehead atoms. The van der Waals surface area contributed by atoms with Gasteiger partial charge in [-0.05, 0) is 77.0 Å². The number of carbonyl (C=O) groups excluding carboxylic acids is 2. The molecule has 324 valence electrons. The first-order chi connectivity index (χ1) is 26.9. The summed E-state index contributed by atoms with van der Waals surface area (Å²) in [6.07, 6.45) is 41.6. The van der Waals surface area contributed by atoms with Gasteiger partial charge in [-0.1, -0.05) is 156 Å². The molecule has 0 aromatic heterocycles. The van der Waals surface area contributed by atoms with Crippen LogP contribution < -0.4 is 0 Å². The summed E-state index contributed by atoms with van der Waals surface area (Å²) in [7, 11) is 0. The highest BCUT2D eigenvalue weighted by Gasteiger charge is 2.35. The van der Waals surface area contributed by atoms with E-state index in [0.717, 1.165) is 116 Å². The Labute approximate surface area is 342 Å². The Kier molecular flexibility index (Phi) is 34.6. The normalized spacial score (nSPS) is 16.9. The van der Waals surface area contributed by atoms with E-state index in [-0.39, 0.29) is 35.8 Å². The molecule has 0 aliphatic carbocycles. The SMILES string of the molecule is CCCCCCCCC(CCCCCC)C(=O)OCCCCC1(CCCCOC(=O)C(CCCCCC)CCCCCCCC)C=[N+](CCCCO)CCC1. The maximum absolute atomic E-state index is 13.3. The summed E-state index contributed by atoms with van der Waals surface area (Å²) >= 11 is 0. The van der Waals surface area contributed by atoms with Crippen molar-refractivity contribution in [1.82, 2.24) is 0 Å². The van der Waals surface area contributed by atoms with Gasteiger partial charge in [0.15, 0.2) is 0 Å². The molecule has 2 atom stereocenters. The van der Waals surface area contributed by atoms with Crippen molar-refractivity contribution in [3.8, 4) is 0 Å². The second-order valence-corrected chi connectivity index (χ2v) is 17.5. The van der Waals surface area contributed by atoms with Crippen molar-refractivity contribution >= 4 is 18.2 Å². The molecule has 0 fully saturated rings. The van der Waals surface area contributed by atoms with Crippen LogP contribution >= 0.6 is 0 Å². The van der Waals surface area contributed by atoms with Crippen molar-refractivity contribution in [1.29, 1.82) is 0 Å². The Bertz CT molecular complexity index is 865. The van der Waals surface area contributed by atoms with Gasteiger partial charge < -0.3 is 14.6 Å². The van der Waals surface area contributed by atoms with Crippen LogP contribution in [0.3, 0.4) is 0 Å². The van der Waals surface area contributed by atoms with E-state index in [2.05, 4.69) is 38.5 Å². The Hall–Kier alpha value is -1.43. The van der Waals surface area contributed by atoms with E-state index in [0.29, 0.717) is 13.2 Å². The average Bonchev–Trinajstić information content (AvgIpc) is 3.19. The van der Waals surface area contributed by atoms with Crippen molar-refractivity contribution < 1.29 is 28.7 Å². The predicted molar refractivity (Wildman–Crippen MR) is 234 cm³/mol. The Balaban J connectivity index is 2.68. The highest BCUT2D eigenvalue weighted by molar-refractivity contribution is 5.72. The zero-order valence-corrected chi connectivity index (χ0v) is 37.3. The lowest BCUT2D eigenvalue weighted by Crippen LogP contribution is -2.35. The summed E-state index contributed by atoms with van der Waals surface area (Å²) in [5.41, 5.74) is 0.144. The van der Waals surface area contributed by atoms with Gasteiger partial charge in [0, 0.05) is 24.9 Å². The summed E-state index contributed by atoms with van der Waals surface area (Å²) < 4.78 is 14.5. The second-order valence-electron chi connectivity index (χ2n) is 17.5. The van der Waals surface area contributed by atoms with Crippen LogP contribution in [0.4, 0.5) is 0 Å². The summed E-state index contributed by atoms with van der Waals surface area (Å²) in [4.78, 5) is 26.5. The molecule has 0 spiro atoms. The van der Waals surface area contributed by atoms with Gasteiger partial charge >= 0.3 is 11.9 Å². The molecule has 0 saturated heterocycles. The van der Waals surface area contributed by atoms with E-state index < -0.39 is 0 Å². The van der Waals surface area contributed by atoms with Gasteiger partial charge in [0.05, 0.1) is 25.0 Å². The number of ether oxygens (including phenoxy) is 2. The molecule has 0 saturated carbocycles. The van der Waals surface area contributed by atoms with Gasteiger partial charge in [-0.25, -0.2) is 4.58 Å². The molecule has 6 nitrogen and oxygen atoms in total. The van der Waals surface area contributed by atoms with E-state index in [4.69, 9.17) is 9.47 Å². The molecule has 0 aromatic carbocycles. The number of esters is 2. The maximum Gasteiger partial charge on any atom is 0.308 e. The molecule has 2 unspecified atom stereocenters. The number of aliphatic hydroxyl groups excluding tert-OH is 1.